The molecule has 0 unspecified atom stereocenters. The summed E-state index contributed by atoms with van der Waals surface area (Å²) >= 11 is 3.52. The molecule has 0 saturated heterocycles. The average Bonchev–Trinajstić information content (AvgIpc) is 3.35. The zero-order valence-corrected chi connectivity index (χ0v) is 18.7. The Hall–Kier alpha value is -2.57. The van der Waals surface area contributed by atoms with Gasteiger partial charge in [0.1, 0.15) is 0 Å². The summed E-state index contributed by atoms with van der Waals surface area (Å²) in [5.41, 5.74) is 2.86. The molecule has 0 bridgehead atoms. The Balaban J connectivity index is 1.86. The molecule has 0 saturated carbocycles. The Kier molecular flexibility index (Phi) is 4.91. The lowest BCUT2D eigenvalue weighted by molar-refractivity contribution is 0.589. The van der Waals surface area contributed by atoms with Gasteiger partial charge in [0.05, 0.1) is 15.9 Å². The number of alkyl halides is 1. The molecule has 0 amide bonds. The summed E-state index contributed by atoms with van der Waals surface area (Å²) in [7, 11) is -3.70. The van der Waals surface area contributed by atoms with Crippen LogP contribution in [0.25, 0.3) is 32.7 Å². The van der Waals surface area contributed by atoms with Crippen LogP contribution in [0.5, 0.6) is 0 Å². The summed E-state index contributed by atoms with van der Waals surface area (Å²) in [6.45, 7) is 0.839. The molecule has 2 heterocycles. The van der Waals surface area contributed by atoms with Gasteiger partial charge in [-0.15, -0.1) is 0 Å². The summed E-state index contributed by atoms with van der Waals surface area (Å²) in [5, 5.41) is 4.11. The van der Waals surface area contributed by atoms with Crippen molar-refractivity contribution < 1.29 is 8.42 Å². The van der Waals surface area contributed by atoms with E-state index >= 15 is 0 Å². The van der Waals surface area contributed by atoms with Crippen LogP contribution in [0.3, 0.4) is 0 Å². The SMILES string of the molecule is O=S(=O)(c1ccccc1)n1ccc2ccc3c4ccccc4n(CCCCBr)c3c21. The number of benzene rings is 3. The first-order valence-electron chi connectivity index (χ1n) is 10.0. The molecule has 0 radical (unpaired) electrons. The number of rotatable bonds is 6. The summed E-state index contributed by atoms with van der Waals surface area (Å²) in [6.07, 6.45) is 3.75. The highest BCUT2D eigenvalue weighted by atomic mass is 79.9. The molecule has 0 N–H and O–H groups in total. The zero-order valence-electron chi connectivity index (χ0n) is 16.3. The van der Waals surface area contributed by atoms with E-state index in [-0.39, 0.29) is 0 Å². The molecule has 4 nitrogen and oxygen atoms in total. The van der Waals surface area contributed by atoms with E-state index in [1.54, 1.807) is 30.5 Å². The van der Waals surface area contributed by atoms with E-state index in [2.05, 4.69) is 38.7 Å². The van der Waals surface area contributed by atoms with E-state index < -0.39 is 10.0 Å². The molecule has 0 aliphatic carbocycles. The minimum Gasteiger partial charge on any atom is -0.339 e. The van der Waals surface area contributed by atoms with Crippen LogP contribution in [0.2, 0.25) is 0 Å². The van der Waals surface area contributed by atoms with Gasteiger partial charge in [-0.3, -0.25) is 0 Å². The Morgan fingerprint density at radius 2 is 1.53 bits per heavy atom. The Morgan fingerprint density at radius 1 is 0.767 bits per heavy atom. The number of fused-ring (bicyclic) bond motifs is 5. The van der Waals surface area contributed by atoms with Gasteiger partial charge < -0.3 is 4.57 Å². The molecule has 0 aliphatic rings. The van der Waals surface area contributed by atoms with Crippen molar-refractivity contribution in [3.05, 3.63) is 79.0 Å². The number of hydrogen-bond donors (Lipinski definition) is 0. The summed E-state index contributed by atoms with van der Waals surface area (Å²) < 4.78 is 30.7. The van der Waals surface area contributed by atoms with Crippen molar-refractivity contribution in [3.8, 4) is 0 Å². The molecule has 5 rings (SSSR count). The molecular formula is C24H21BrN2O2S. The lowest BCUT2D eigenvalue weighted by Gasteiger charge is -2.12. The van der Waals surface area contributed by atoms with Crippen molar-refractivity contribution in [2.24, 2.45) is 0 Å². The minimum atomic E-state index is -3.70. The van der Waals surface area contributed by atoms with Crippen molar-refractivity contribution in [1.29, 1.82) is 0 Å². The maximum Gasteiger partial charge on any atom is 0.268 e. The summed E-state index contributed by atoms with van der Waals surface area (Å²) in [5.74, 6) is 0. The molecule has 0 fully saturated rings. The molecule has 3 aromatic carbocycles. The van der Waals surface area contributed by atoms with Crippen LogP contribution in [-0.4, -0.2) is 22.3 Å². The highest BCUT2D eigenvalue weighted by Crippen LogP contribution is 2.36. The molecule has 6 heteroatoms. The van der Waals surface area contributed by atoms with Crippen LogP contribution in [0.15, 0.2) is 83.9 Å². The highest BCUT2D eigenvalue weighted by Gasteiger charge is 2.22. The van der Waals surface area contributed by atoms with Crippen molar-refractivity contribution in [2.75, 3.05) is 5.33 Å². The number of aromatic nitrogens is 2. The molecule has 30 heavy (non-hydrogen) atoms. The third-order valence-corrected chi connectivity index (χ3v) is 7.86. The van der Waals surface area contributed by atoms with Crippen LogP contribution in [0, 0.1) is 0 Å². The van der Waals surface area contributed by atoms with Crippen molar-refractivity contribution in [3.63, 3.8) is 0 Å². The topological polar surface area (TPSA) is 44.0 Å². The molecule has 2 aromatic heterocycles. The Bertz CT molecular complexity index is 1470. The lowest BCUT2D eigenvalue weighted by atomic mass is 10.1. The van der Waals surface area contributed by atoms with Gasteiger partial charge in [-0.05, 0) is 37.1 Å². The molecule has 5 aromatic rings. The smallest absolute Gasteiger partial charge is 0.268 e. The fourth-order valence-electron chi connectivity index (χ4n) is 4.23. The highest BCUT2D eigenvalue weighted by molar-refractivity contribution is 9.09. The number of halogens is 1. The first-order valence-corrected chi connectivity index (χ1v) is 12.6. The first kappa shape index (κ1) is 19.4. The fraction of sp³-hybridized carbons (Fsp3) is 0.167. The largest absolute Gasteiger partial charge is 0.339 e. The van der Waals surface area contributed by atoms with Gasteiger partial charge in [-0.1, -0.05) is 64.5 Å². The maximum atomic E-state index is 13.5. The van der Waals surface area contributed by atoms with Crippen LogP contribution in [0.1, 0.15) is 12.8 Å². The number of hydrogen-bond acceptors (Lipinski definition) is 2. The minimum absolute atomic E-state index is 0.293. The van der Waals surface area contributed by atoms with Crippen LogP contribution < -0.4 is 0 Å². The number of unbranched alkanes of at least 4 members (excludes halogenated alkanes) is 1. The van der Waals surface area contributed by atoms with Gasteiger partial charge >= 0.3 is 0 Å². The second-order valence-corrected chi connectivity index (χ2v) is 10.0. The van der Waals surface area contributed by atoms with Gasteiger partial charge in [-0.25, -0.2) is 12.4 Å². The van der Waals surface area contributed by atoms with Crippen LogP contribution in [-0.2, 0) is 16.6 Å². The Morgan fingerprint density at radius 3 is 2.33 bits per heavy atom. The van der Waals surface area contributed by atoms with Crippen molar-refractivity contribution >= 4 is 58.7 Å². The van der Waals surface area contributed by atoms with Crippen LogP contribution in [0.4, 0.5) is 0 Å². The normalized spacial score (nSPS) is 12.3. The van der Waals surface area contributed by atoms with E-state index in [0.29, 0.717) is 4.90 Å². The monoisotopic (exact) mass is 480 g/mol. The second-order valence-electron chi connectivity index (χ2n) is 7.39. The standard InChI is InChI=1S/C24H21BrN2O2S/c25-15-6-7-16-26-22-11-5-4-10-20(22)21-13-12-18-14-17-27(23(18)24(21)26)30(28,29)19-8-2-1-3-9-19/h1-5,8-14,17H,6-7,15-16H2. The quantitative estimate of drug-likeness (QED) is 0.215. The maximum absolute atomic E-state index is 13.5. The van der Waals surface area contributed by atoms with Crippen molar-refractivity contribution in [1.82, 2.24) is 8.54 Å². The van der Waals surface area contributed by atoms with E-state index in [4.69, 9.17) is 0 Å². The number of nitrogens with zero attached hydrogens (tertiary/aromatic N) is 2. The van der Waals surface area contributed by atoms with Gasteiger partial charge in [0, 0.05) is 39.7 Å². The fourth-order valence-corrected chi connectivity index (χ4v) is 6.01. The molecule has 152 valence electrons. The van der Waals surface area contributed by atoms with Crippen LogP contribution >= 0.6 is 15.9 Å². The predicted octanol–water partition coefficient (Wildman–Crippen LogP) is 6.16. The van der Waals surface area contributed by atoms with Crippen molar-refractivity contribution in [2.45, 2.75) is 24.3 Å². The molecule has 0 atom stereocenters. The zero-order chi connectivity index (χ0) is 20.7. The van der Waals surface area contributed by atoms with Gasteiger partial charge in [0.25, 0.3) is 10.0 Å². The van der Waals surface area contributed by atoms with E-state index in [9.17, 15) is 8.42 Å². The first-order chi connectivity index (χ1) is 14.6. The van der Waals surface area contributed by atoms with Gasteiger partial charge in [0.2, 0.25) is 0 Å². The van der Waals surface area contributed by atoms with Gasteiger partial charge in [-0.2, -0.15) is 0 Å². The number of aryl methyl sites for hydroxylation is 1. The second kappa shape index (κ2) is 7.60. The third-order valence-electron chi connectivity index (χ3n) is 5.61. The lowest BCUT2D eigenvalue weighted by Crippen LogP contribution is -2.12. The van der Waals surface area contributed by atoms with Gasteiger partial charge in [0.15, 0.2) is 0 Å². The molecule has 0 spiro atoms. The summed E-state index contributed by atoms with van der Waals surface area (Å²) in [4.78, 5) is 0.293. The van der Waals surface area contributed by atoms with E-state index in [1.807, 2.05) is 30.3 Å². The van der Waals surface area contributed by atoms with E-state index in [1.165, 1.54) is 3.97 Å². The number of para-hydroxylation sites is 1. The predicted molar refractivity (Wildman–Crippen MR) is 127 cm³/mol. The molecule has 0 aliphatic heterocycles. The Labute approximate surface area is 183 Å². The summed E-state index contributed by atoms with van der Waals surface area (Å²) in [6, 6.07) is 23.0. The van der Waals surface area contributed by atoms with E-state index in [0.717, 1.165) is 57.4 Å². The third kappa shape index (κ3) is 2.97. The molecular weight excluding hydrogens is 460 g/mol. The average molecular weight is 481 g/mol.